The molecule has 1 amide bonds. The minimum Gasteiger partial charge on any atom is -0.461 e. The summed E-state index contributed by atoms with van der Waals surface area (Å²) in [6.07, 6.45) is 1.01. The SMILES string of the molecule is CCOC(=O)c1cc(-c2ccc(C(=O)N3CC[C@@H](N(C)C)C3)cc2)c(C)[nH]1. The number of amides is 1. The van der Waals surface area contributed by atoms with Gasteiger partial charge in [0.05, 0.1) is 6.61 Å². The molecule has 6 heteroatoms. The van der Waals surface area contributed by atoms with Gasteiger partial charge in [-0.3, -0.25) is 4.79 Å². The topological polar surface area (TPSA) is 65.6 Å². The predicted octanol–water partition coefficient (Wildman–Crippen LogP) is 2.94. The van der Waals surface area contributed by atoms with Crippen molar-refractivity contribution in [3.63, 3.8) is 0 Å². The number of benzene rings is 1. The maximum Gasteiger partial charge on any atom is 0.354 e. The van der Waals surface area contributed by atoms with Crippen molar-refractivity contribution in [2.75, 3.05) is 33.8 Å². The molecule has 144 valence electrons. The van der Waals surface area contributed by atoms with Crippen LogP contribution in [0.3, 0.4) is 0 Å². The fourth-order valence-electron chi connectivity index (χ4n) is 3.50. The second-order valence-corrected chi connectivity index (χ2v) is 7.18. The molecule has 0 saturated carbocycles. The van der Waals surface area contributed by atoms with Crippen molar-refractivity contribution in [3.05, 3.63) is 47.3 Å². The zero-order valence-corrected chi connectivity index (χ0v) is 16.4. The van der Waals surface area contributed by atoms with E-state index < -0.39 is 0 Å². The molecule has 1 fully saturated rings. The quantitative estimate of drug-likeness (QED) is 0.823. The van der Waals surface area contributed by atoms with Gasteiger partial charge in [0.25, 0.3) is 5.91 Å². The molecule has 0 spiro atoms. The lowest BCUT2D eigenvalue weighted by Gasteiger charge is -2.20. The highest BCUT2D eigenvalue weighted by atomic mass is 16.5. The van der Waals surface area contributed by atoms with E-state index in [4.69, 9.17) is 4.74 Å². The Morgan fingerprint density at radius 1 is 1.26 bits per heavy atom. The number of hydrogen-bond acceptors (Lipinski definition) is 4. The molecule has 1 atom stereocenters. The Labute approximate surface area is 160 Å². The van der Waals surface area contributed by atoms with Crippen LogP contribution >= 0.6 is 0 Å². The number of rotatable bonds is 5. The fraction of sp³-hybridized carbons (Fsp3) is 0.429. The number of carbonyl (C=O) groups excluding carboxylic acids is 2. The van der Waals surface area contributed by atoms with Gasteiger partial charge in [-0.2, -0.15) is 0 Å². The van der Waals surface area contributed by atoms with E-state index in [1.807, 2.05) is 36.1 Å². The highest BCUT2D eigenvalue weighted by Gasteiger charge is 2.28. The standard InChI is InChI=1S/C21H27N3O3/c1-5-27-21(26)19-12-18(14(2)22-19)15-6-8-16(9-7-15)20(25)24-11-10-17(13-24)23(3)4/h6-9,12,17,22H,5,10-11,13H2,1-4H3/t17-/m1/s1. The van der Waals surface area contributed by atoms with Crippen molar-refractivity contribution in [3.8, 4) is 11.1 Å². The van der Waals surface area contributed by atoms with Crippen LogP contribution in [0.5, 0.6) is 0 Å². The van der Waals surface area contributed by atoms with Crippen molar-refractivity contribution in [2.24, 2.45) is 0 Å². The van der Waals surface area contributed by atoms with Crippen molar-refractivity contribution < 1.29 is 14.3 Å². The third kappa shape index (κ3) is 4.06. The van der Waals surface area contributed by atoms with Gasteiger partial charge in [0.15, 0.2) is 0 Å². The Hall–Kier alpha value is -2.60. The largest absolute Gasteiger partial charge is 0.461 e. The van der Waals surface area contributed by atoms with Gasteiger partial charge in [-0.05, 0) is 58.1 Å². The molecule has 1 saturated heterocycles. The van der Waals surface area contributed by atoms with E-state index in [0.717, 1.165) is 36.3 Å². The number of esters is 1. The second-order valence-electron chi connectivity index (χ2n) is 7.18. The minimum absolute atomic E-state index is 0.0731. The number of aryl methyl sites for hydroxylation is 1. The highest BCUT2D eigenvalue weighted by molar-refractivity contribution is 5.95. The van der Waals surface area contributed by atoms with Crippen molar-refractivity contribution in [1.29, 1.82) is 0 Å². The second kappa shape index (κ2) is 7.96. The molecule has 6 nitrogen and oxygen atoms in total. The van der Waals surface area contributed by atoms with Gasteiger partial charge in [0.2, 0.25) is 0 Å². The molecule has 3 rings (SSSR count). The van der Waals surface area contributed by atoms with Crippen molar-refractivity contribution in [2.45, 2.75) is 26.3 Å². The molecule has 0 radical (unpaired) electrons. The first-order chi connectivity index (χ1) is 12.9. The normalized spacial score (nSPS) is 16.8. The minimum atomic E-state index is -0.358. The van der Waals surface area contributed by atoms with Crippen LogP contribution < -0.4 is 0 Å². The summed E-state index contributed by atoms with van der Waals surface area (Å²) in [6, 6.07) is 9.80. The summed E-state index contributed by atoms with van der Waals surface area (Å²) in [5, 5.41) is 0. The first kappa shape index (κ1) is 19.2. The molecular weight excluding hydrogens is 342 g/mol. The van der Waals surface area contributed by atoms with Gasteiger partial charge in [-0.15, -0.1) is 0 Å². The highest BCUT2D eigenvalue weighted by Crippen LogP contribution is 2.26. The molecule has 1 N–H and O–H groups in total. The molecule has 0 unspecified atom stereocenters. The van der Waals surface area contributed by atoms with Crippen LogP contribution in [0.25, 0.3) is 11.1 Å². The molecule has 1 aliphatic heterocycles. The molecule has 0 aliphatic carbocycles. The van der Waals surface area contributed by atoms with E-state index in [2.05, 4.69) is 24.0 Å². The molecule has 2 aromatic rings. The summed E-state index contributed by atoms with van der Waals surface area (Å²) >= 11 is 0. The molecule has 1 aromatic carbocycles. The van der Waals surface area contributed by atoms with Crippen LogP contribution in [0.15, 0.2) is 30.3 Å². The first-order valence-corrected chi connectivity index (χ1v) is 9.33. The number of H-pyrrole nitrogens is 1. The lowest BCUT2D eigenvalue weighted by molar-refractivity contribution is 0.0520. The Bertz CT molecular complexity index is 824. The summed E-state index contributed by atoms with van der Waals surface area (Å²) in [6.45, 7) is 5.61. The lowest BCUT2D eigenvalue weighted by atomic mass is 10.0. The summed E-state index contributed by atoms with van der Waals surface area (Å²) < 4.78 is 5.04. The molecule has 27 heavy (non-hydrogen) atoms. The number of nitrogens with one attached hydrogen (secondary N) is 1. The Morgan fingerprint density at radius 2 is 1.96 bits per heavy atom. The van der Waals surface area contributed by atoms with Crippen LogP contribution in [0, 0.1) is 6.92 Å². The number of likely N-dealkylation sites (tertiary alicyclic amines) is 1. The van der Waals surface area contributed by atoms with Gasteiger partial charge in [-0.1, -0.05) is 12.1 Å². The van der Waals surface area contributed by atoms with Crippen molar-refractivity contribution in [1.82, 2.24) is 14.8 Å². The number of carbonyl (C=O) groups is 2. The van der Waals surface area contributed by atoms with E-state index in [0.29, 0.717) is 23.9 Å². The number of aromatic nitrogens is 1. The maximum atomic E-state index is 12.7. The Morgan fingerprint density at radius 3 is 2.56 bits per heavy atom. The summed E-state index contributed by atoms with van der Waals surface area (Å²) in [5.74, 6) is -0.285. The number of hydrogen-bond donors (Lipinski definition) is 1. The number of likely N-dealkylation sites (N-methyl/N-ethyl adjacent to an activating group) is 1. The molecule has 0 bridgehead atoms. The Kier molecular flexibility index (Phi) is 5.65. The van der Waals surface area contributed by atoms with E-state index in [9.17, 15) is 9.59 Å². The average molecular weight is 369 g/mol. The van der Waals surface area contributed by atoms with Gasteiger partial charge in [0, 0.05) is 36.0 Å². The van der Waals surface area contributed by atoms with Crippen LogP contribution in [0.2, 0.25) is 0 Å². The lowest BCUT2D eigenvalue weighted by Crippen LogP contribution is -2.34. The van der Waals surface area contributed by atoms with Gasteiger partial charge >= 0.3 is 5.97 Å². The zero-order chi connectivity index (χ0) is 19.6. The van der Waals surface area contributed by atoms with Crippen LogP contribution in [-0.2, 0) is 4.74 Å². The van der Waals surface area contributed by atoms with E-state index in [1.54, 1.807) is 13.0 Å². The average Bonchev–Trinajstić information content (AvgIpc) is 3.29. The molecule has 1 aliphatic rings. The summed E-state index contributed by atoms with van der Waals surface area (Å²) in [7, 11) is 4.11. The zero-order valence-electron chi connectivity index (χ0n) is 16.4. The van der Waals surface area contributed by atoms with Gasteiger partial charge < -0.3 is 19.5 Å². The Balaban J connectivity index is 1.74. The predicted molar refractivity (Wildman–Crippen MR) is 105 cm³/mol. The van der Waals surface area contributed by atoms with E-state index in [1.165, 1.54) is 0 Å². The van der Waals surface area contributed by atoms with Gasteiger partial charge in [-0.25, -0.2) is 4.79 Å². The molecular formula is C21H27N3O3. The van der Waals surface area contributed by atoms with Gasteiger partial charge in [0.1, 0.15) is 5.69 Å². The van der Waals surface area contributed by atoms with Crippen LogP contribution in [0.1, 0.15) is 39.9 Å². The third-order valence-electron chi connectivity index (χ3n) is 5.13. The molecule has 1 aromatic heterocycles. The van der Waals surface area contributed by atoms with Crippen LogP contribution in [0.4, 0.5) is 0 Å². The van der Waals surface area contributed by atoms with Crippen LogP contribution in [-0.4, -0.2) is 66.5 Å². The van der Waals surface area contributed by atoms with E-state index in [-0.39, 0.29) is 11.9 Å². The summed E-state index contributed by atoms with van der Waals surface area (Å²) in [5.41, 5.74) is 3.92. The van der Waals surface area contributed by atoms with Crippen molar-refractivity contribution >= 4 is 11.9 Å². The smallest absolute Gasteiger partial charge is 0.354 e. The molecule has 2 heterocycles. The number of aromatic amines is 1. The monoisotopic (exact) mass is 369 g/mol. The maximum absolute atomic E-state index is 12.7. The van der Waals surface area contributed by atoms with E-state index >= 15 is 0 Å². The number of nitrogens with zero attached hydrogens (tertiary/aromatic N) is 2. The summed E-state index contributed by atoms with van der Waals surface area (Å²) in [4.78, 5) is 31.8. The third-order valence-corrected chi connectivity index (χ3v) is 5.13. The number of ether oxygens (including phenoxy) is 1. The first-order valence-electron chi connectivity index (χ1n) is 9.33. The fourth-order valence-corrected chi connectivity index (χ4v) is 3.50.